The van der Waals surface area contributed by atoms with Crippen LogP contribution in [0.2, 0.25) is 0 Å². The number of nitrogens with zero attached hydrogens (tertiary/aromatic N) is 3. The van der Waals surface area contributed by atoms with Crippen molar-refractivity contribution in [2.24, 2.45) is 0 Å². The molecule has 1 aliphatic heterocycles. The van der Waals surface area contributed by atoms with E-state index in [2.05, 4.69) is 10.1 Å². The number of sulfonamides is 1. The SMILES string of the molecule is CS(=O)(=O)N1CCCC1c1nc(C2CC2)no1. The standard InChI is InChI=1S/C10H15N3O3S/c1-17(14,15)13-6-2-3-8(13)10-11-9(12-16-10)7-4-5-7/h7-8H,2-6H2,1H3. The van der Waals surface area contributed by atoms with Crippen LogP contribution in [0.15, 0.2) is 4.52 Å². The Kier molecular flexibility index (Phi) is 2.48. The van der Waals surface area contributed by atoms with E-state index in [0.29, 0.717) is 18.4 Å². The zero-order valence-corrected chi connectivity index (χ0v) is 10.5. The summed E-state index contributed by atoms with van der Waals surface area (Å²) in [5, 5.41) is 3.93. The van der Waals surface area contributed by atoms with Crippen molar-refractivity contribution >= 4 is 10.0 Å². The van der Waals surface area contributed by atoms with Crippen LogP contribution in [0.25, 0.3) is 0 Å². The summed E-state index contributed by atoms with van der Waals surface area (Å²) in [6.45, 7) is 0.546. The summed E-state index contributed by atoms with van der Waals surface area (Å²) in [6, 6.07) is -0.259. The van der Waals surface area contributed by atoms with Gasteiger partial charge in [0.15, 0.2) is 5.82 Å². The Morgan fingerprint density at radius 2 is 2.12 bits per heavy atom. The first-order chi connectivity index (χ1) is 8.05. The third kappa shape index (κ3) is 2.09. The molecule has 17 heavy (non-hydrogen) atoms. The van der Waals surface area contributed by atoms with Crippen LogP contribution in [0.1, 0.15) is 49.4 Å². The topological polar surface area (TPSA) is 76.3 Å². The van der Waals surface area contributed by atoms with Gasteiger partial charge < -0.3 is 4.52 Å². The van der Waals surface area contributed by atoms with E-state index in [0.717, 1.165) is 31.5 Å². The number of hydrogen-bond donors (Lipinski definition) is 0. The third-order valence-electron chi connectivity index (χ3n) is 3.31. The lowest BCUT2D eigenvalue weighted by Crippen LogP contribution is -2.29. The molecule has 0 bridgehead atoms. The second-order valence-corrected chi connectivity index (χ2v) is 6.73. The highest BCUT2D eigenvalue weighted by Gasteiger charge is 2.37. The van der Waals surface area contributed by atoms with Crippen molar-refractivity contribution in [3.63, 3.8) is 0 Å². The predicted molar refractivity (Wildman–Crippen MR) is 59.8 cm³/mol. The predicted octanol–water partition coefficient (Wildman–Crippen LogP) is 1.04. The van der Waals surface area contributed by atoms with Gasteiger partial charge in [0.1, 0.15) is 6.04 Å². The van der Waals surface area contributed by atoms with Crippen LogP contribution in [0.4, 0.5) is 0 Å². The van der Waals surface area contributed by atoms with Crippen molar-refractivity contribution in [1.82, 2.24) is 14.4 Å². The summed E-state index contributed by atoms with van der Waals surface area (Å²) in [6.07, 6.45) is 5.06. The monoisotopic (exact) mass is 257 g/mol. The van der Waals surface area contributed by atoms with Crippen molar-refractivity contribution in [3.05, 3.63) is 11.7 Å². The maximum Gasteiger partial charge on any atom is 0.245 e. The molecule has 3 rings (SSSR count). The molecule has 0 spiro atoms. The molecule has 2 heterocycles. The number of aromatic nitrogens is 2. The van der Waals surface area contributed by atoms with Gasteiger partial charge in [-0.25, -0.2) is 8.42 Å². The van der Waals surface area contributed by atoms with Gasteiger partial charge in [-0.3, -0.25) is 0 Å². The van der Waals surface area contributed by atoms with Crippen molar-refractivity contribution in [2.75, 3.05) is 12.8 Å². The van der Waals surface area contributed by atoms with Crippen LogP contribution in [-0.4, -0.2) is 35.7 Å². The maximum absolute atomic E-state index is 11.6. The normalized spacial score (nSPS) is 26.5. The van der Waals surface area contributed by atoms with Gasteiger partial charge in [-0.1, -0.05) is 5.16 Å². The fourth-order valence-electron chi connectivity index (χ4n) is 2.27. The molecular formula is C10H15N3O3S. The van der Waals surface area contributed by atoms with Crippen LogP contribution in [0.5, 0.6) is 0 Å². The molecule has 1 saturated heterocycles. The molecule has 1 aromatic heterocycles. The van der Waals surface area contributed by atoms with E-state index in [1.54, 1.807) is 0 Å². The van der Waals surface area contributed by atoms with Crippen LogP contribution < -0.4 is 0 Å². The minimum absolute atomic E-state index is 0.259. The van der Waals surface area contributed by atoms with E-state index in [4.69, 9.17) is 4.52 Å². The molecule has 7 heteroatoms. The van der Waals surface area contributed by atoms with E-state index in [1.807, 2.05) is 0 Å². The van der Waals surface area contributed by atoms with Crippen LogP contribution >= 0.6 is 0 Å². The highest BCUT2D eigenvalue weighted by Crippen LogP contribution is 2.40. The molecule has 2 fully saturated rings. The Balaban J connectivity index is 1.86. The number of rotatable bonds is 3. The summed E-state index contributed by atoms with van der Waals surface area (Å²) < 4.78 is 29.9. The lowest BCUT2D eigenvalue weighted by atomic mass is 10.2. The van der Waals surface area contributed by atoms with Crippen LogP contribution in [-0.2, 0) is 10.0 Å². The summed E-state index contributed by atoms with van der Waals surface area (Å²) in [5.74, 6) is 1.62. The zero-order chi connectivity index (χ0) is 12.0. The number of hydrogen-bond acceptors (Lipinski definition) is 5. The molecule has 6 nitrogen and oxygen atoms in total. The van der Waals surface area contributed by atoms with E-state index in [1.165, 1.54) is 10.6 Å². The van der Waals surface area contributed by atoms with Crippen LogP contribution in [0.3, 0.4) is 0 Å². The van der Waals surface area contributed by atoms with Crippen molar-refractivity contribution < 1.29 is 12.9 Å². The van der Waals surface area contributed by atoms with Gasteiger partial charge in [0.25, 0.3) is 0 Å². The second kappa shape index (κ2) is 3.78. The molecule has 2 aliphatic rings. The van der Waals surface area contributed by atoms with Crippen molar-refractivity contribution in [2.45, 2.75) is 37.6 Å². The van der Waals surface area contributed by atoms with E-state index >= 15 is 0 Å². The summed E-state index contributed by atoms with van der Waals surface area (Å²) in [5.41, 5.74) is 0. The highest BCUT2D eigenvalue weighted by atomic mass is 32.2. The smallest absolute Gasteiger partial charge is 0.245 e. The van der Waals surface area contributed by atoms with E-state index in [9.17, 15) is 8.42 Å². The van der Waals surface area contributed by atoms with Gasteiger partial charge in [0, 0.05) is 12.5 Å². The maximum atomic E-state index is 11.6. The Hall–Kier alpha value is -0.950. The minimum atomic E-state index is -3.19. The third-order valence-corrected chi connectivity index (χ3v) is 4.60. The quantitative estimate of drug-likeness (QED) is 0.808. The lowest BCUT2D eigenvalue weighted by Gasteiger charge is -2.18. The molecule has 1 aromatic rings. The van der Waals surface area contributed by atoms with Crippen molar-refractivity contribution in [1.29, 1.82) is 0 Å². The average molecular weight is 257 g/mol. The first kappa shape index (κ1) is 11.2. The van der Waals surface area contributed by atoms with Crippen molar-refractivity contribution in [3.8, 4) is 0 Å². The van der Waals surface area contributed by atoms with Gasteiger partial charge in [0.2, 0.25) is 15.9 Å². The molecule has 1 atom stereocenters. The molecule has 1 saturated carbocycles. The summed E-state index contributed by atoms with van der Waals surface area (Å²) in [7, 11) is -3.19. The van der Waals surface area contributed by atoms with E-state index in [-0.39, 0.29) is 6.04 Å². The van der Waals surface area contributed by atoms with Gasteiger partial charge in [-0.15, -0.1) is 0 Å². The summed E-state index contributed by atoms with van der Waals surface area (Å²) in [4.78, 5) is 4.33. The molecular weight excluding hydrogens is 242 g/mol. The first-order valence-electron chi connectivity index (χ1n) is 5.86. The van der Waals surface area contributed by atoms with E-state index < -0.39 is 10.0 Å². The van der Waals surface area contributed by atoms with Gasteiger partial charge >= 0.3 is 0 Å². The Morgan fingerprint density at radius 1 is 1.35 bits per heavy atom. The fraction of sp³-hybridized carbons (Fsp3) is 0.800. The fourth-order valence-corrected chi connectivity index (χ4v) is 3.39. The molecule has 0 aromatic carbocycles. The highest BCUT2D eigenvalue weighted by molar-refractivity contribution is 7.88. The first-order valence-corrected chi connectivity index (χ1v) is 7.71. The van der Waals surface area contributed by atoms with Gasteiger partial charge in [-0.2, -0.15) is 9.29 Å². The molecule has 94 valence electrons. The van der Waals surface area contributed by atoms with Gasteiger partial charge in [-0.05, 0) is 25.7 Å². The minimum Gasteiger partial charge on any atom is -0.338 e. The Morgan fingerprint density at radius 3 is 2.76 bits per heavy atom. The van der Waals surface area contributed by atoms with Crippen LogP contribution in [0, 0.1) is 0 Å². The average Bonchev–Trinajstić information content (AvgIpc) is 2.82. The Bertz CT molecular complexity index is 521. The Labute approximate surface area is 100 Å². The molecule has 0 N–H and O–H groups in total. The summed E-state index contributed by atoms with van der Waals surface area (Å²) >= 11 is 0. The molecule has 0 radical (unpaired) electrons. The molecule has 0 amide bonds. The molecule has 1 unspecified atom stereocenters. The largest absolute Gasteiger partial charge is 0.338 e. The van der Waals surface area contributed by atoms with Gasteiger partial charge in [0.05, 0.1) is 6.26 Å². The second-order valence-electron chi connectivity index (χ2n) is 4.80. The molecule has 1 aliphatic carbocycles. The zero-order valence-electron chi connectivity index (χ0n) is 9.66. The lowest BCUT2D eigenvalue weighted by molar-refractivity contribution is 0.290.